The van der Waals surface area contributed by atoms with Crippen LogP contribution in [-0.2, 0) is 22.6 Å². The van der Waals surface area contributed by atoms with Gasteiger partial charge >= 0.3 is 5.97 Å². The topological polar surface area (TPSA) is 165 Å². The first-order valence-corrected chi connectivity index (χ1v) is 22.5. The Bertz CT molecular complexity index is 2000. The summed E-state index contributed by atoms with van der Waals surface area (Å²) in [6.07, 6.45) is 11.0. The number of hydrogen-bond donors (Lipinski definition) is 6. The smallest absolute Gasteiger partial charge is 0.328 e. The van der Waals surface area contributed by atoms with Crippen molar-refractivity contribution in [2.45, 2.75) is 131 Å². The first-order valence-electron chi connectivity index (χ1n) is 22.5. The van der Waals surface area contributed by atoms with Crippen LogP contribution >= 0.6 is 0 Å². The molecule has 6 N–H and O–H groups in total. The van der Waals surface area contributed by atoms with Crippen molar-refractivity contribution in [2.75, 3.05) is 13.2 Å². The van der Waals surface area contributed by atoms with E-state index in [2.05, 4.69) is 64.1 Å². The van der Waals surface area contributed by atoms with Crippen LogP contribution < -0.4 is 16.0 Å². The number of aliphatic hydroxyl groups is 2. The lowest BCUT2D eigenvalue weighted by atomic mass is 9.32. The van der Waals surface area contributed by atoms with E-state index >= 15 is 0 Å². The molecule has 3 amide bonds. The second kappa shape index (κ2) is 16.4. The molecular formula is C50H69N3O7. The Hall–Kier alpha value is -4.02. The zero-order valence-electron chi connectivity index (χ0n) is 36.7. The predicted octanol–water partition coefficient (Wildman–Crippen LogP) is 7.47. The summed E-state index contributed by atoms with van der Waals surface area (Å²) >= 11 is 0. The Balaban J connectivity index is 0.987. The molecule has 10 nitrogen and oxygen atoms in total. The first kappa shape index (κ1) is 44.0. The van der Waals surface area contributed by atoms with Crippen LogP contribution in [0, 0.1) is 56.7 Å². The van der Waals surface area contributed by atoms with Crippen LogP contribution in [0.15, 0.2) is 60.7 Å². The minimum atomic E-state index is -1.39. The number of carbonyl (C=O) groups excluding carboxylic acids is 3. The van der Waals surface area contributed by atoms with Crippen molar-refractivity contribution in [1.82, 2.24) is 16.0 Å². The fourth-order valence-corrected chi connectivity index (χ4v) is 14.4. The minimum Gasteiger partial charge on any atom is -0.480 e. The van der Waals surface area contributed by atoms with Gasteiger partial charge in [0.1, 0.15) is 0 Å². The molecule has 11 atom stereocenters. The summed E-state index contributed by atoms with van der Waals surface area (Å²) in [5, 5.41) is 38.0. The van der Waals surface area contributed by atoms with Crippen molar-refractivity contribution in [1.29, 1.82) is 0 Å². The summed E-state index contributed by atoms with van der Waals surface area (Å²) in [7, 11) is 0. The molecule has 5 saturated carbocycles. The normalized spacial score (nSPS) is 35.7. The second-order valence-electron chi connectivity index (χ2n) is 20.9. The molecule has 5 aliphatic rings. The molecule has 7 rings (SSSR count). The lowest BCUT2D eigenvalue weighted by Gasteiger charge is -2.72. The number of carbonyl (C=O) groups is 4. The van der Waals surface area contributed by atoms with E-state index in [1.807, 2.05) is 18.2 Å². The lowest BCUT2D eigenvalue weighted by molar-refractivity contribution is -0.246. The van der Waals surface area contributed by atoms with Gasteiger partial charge in [-0.2, -0.15) is 0 Å². The predicted molar refractivity (Wildman–Crippen MR) is 232 cm³/mol. The molecule has 326 valence electrons. The van der Waals surface area contributed by atoms with Gasteiger partial charge in [0.15, 0.2) is 6.04 Å². The Labute approximate surface area is 356 Å². The van der Waals surface area contributed by atoms with E-state index in [9.17, 15) is 29.4 Å². The van der Waals surface area contributed by atoms with Gasteiger partial charge in [-0.3, -0.25) is 14.4 Å². The Morgan fingerprint density at radius 1 is 0.783 bits per heavy atom. The molecule has 5 aliphatic carbocycles. The van der Waals surface area contributed by atoms with Gasteiger partial charge in [-0.25, -0.2) is 4.79 Å². The number of amides is 3. The van der Waals surface area contributed by atoms with Crippen molar-refractivity contribution in [3.8, 4) is 0 Å². The van der Waals surface area contributed by atoms with Crippen LogP contribution in [0.4, 0.5) is 0 Å². The van der Waals surface area contributed by atoms with Crippen LogP contribution in [0.1, 0.15) is 138 Å². The molecule has 0 aliphatic heterocycles. The van der Waals surface area contributed by atoms with E-state index in [-0.39, 0.29) is 57.6 Å². The van der Waals surface area contributed by atoms with Gasteiger partial charge in [-0.1, -0.05) is 71.0 Å². The van der Waals surface area contributed by atoms with Crippen molar-refractivity contribution in [3.05, 3.63) is 82.9 Å². The third-order valence-corrected chi connectivity index (χ3v) is 17.8. The van der Waals surface area contributed by atoms with E-state index in [1.54, 1.807) is 30.3 Å². The van der Waals surface area contributed by atoms with Crippen LogP contribution in [-0.4, -0.2) is 64.3 Å². The van der Waals surface area contributed by atoms with Crippen LogP contribution in [0.25, 0.3) is 0 Å². The standard InChI is InChI=1S/C50H69N3O7/c1-30(2)35-17-23-50(25-24-48(6)36(41(35)50)15-16-39-47(5)21-19-40(55)46(3,4)38(47)18-22-49(39,48)7)45(60)51-26-20-31-9-8-10-34(27-31)42(56)52-28-32-11-13-33(14-12-32)43(57)53-37(29-54)44(58)59/h8-14,27,35-41,54-55H,1,15-26,28-29H2,2-7H3,(H,51,60)(H,52,56)(H,53,57)(H,58,59)/t35-,36?,37?,38?,39?,40-,41?,47-,48+,49+,50-/m0/s1. The Morgan fingerprint density at radius 2 is 1.52 bits per heavy atom. The van der Waals surface area contributed by atoms with E-state index in [1.165, 1.54) is 24.8 Å². The number of aliphatic carboxylic acids is 1. The molecule has 60 heavy (non-hydrogen) atoms. The van der Waals surface area contributed by atoms with Crippen molar-refractivity contribution >= 4 is 23.7 Å². The molecule has 2 aromatic rings. The van der Waals surface area contributed by atoms with Gasteiger partial charge in [-0.15, -0.1) is 0 Å². The average Bonchev–Trinajstić information content (AvgIpc) is 3.62. The fraction of sp³-hybridized carbons (Fsp3) is 0.640. The number of hydrogen-bond acceptors (Lipinski definition) is 6. The lowest BCUT2D eigenvalue weighted by Crippen LogP contribution is -2.67. The van der Waals surface area contributed by atoms with Gasteiger partial charge in [0.25, 0.3) is 11.8 Å². The molecule has 0 saturated heterocycles. The number of rotatable bonds is 12. The maximum atomic E-state index is 14.7. The highest BCUT2D eigenvalue weighted by molar-refractivity contribution is 5.97. The quantitative estimate of drug-likeness (QED) is 0.121. The Morgan fingerprint density at radius 3 is 2.20 bits per heavy atom. The second-order valence-corrected chi connectivity index (χ2v) is 20.9. The molecule has 5 fully saturated rings. The maximum absolute atomic E-state index is 14.7. The molecule has 5 unspecified atom stereocenters. The zero-order valence-corrected chi connectivity index (χ0v) is 36.7. The number of aliphatic hydroxyl groups excluding tert-OH is 2. The molecule has 10 heteroatoms. The highest BCUT2D eigenvalue weighted by Crippen LogP contribution is 2.77. The van der Waals surface area contributed by atoms with E-state index < -0.39 is 29.9 Å². The van der Waals surface area contributed by atoms with E-state index in [4.69, 9.17) is 5.11 Å². The SMILES string of the molecule is C=C(C)[C@@H]1CC[C@]2(C(=O)NCCc3cccc(C(=O)NCc4ccc(C(=O)NC(CO)C(=O)O)cc4)c3)CC[C@]3(C)C(CCC4[C@@]5(C)CC[C@H](O)C(C)(C)C5CC[C@]43C)C12. The summed E-state index contributed by atoms with van der Waals surface area (Å²) in [5.74, 6) is 0.221. The van der Waals surface area contributed by atoms with E-state index in [0.29, 0.717) is 42.2 Å². The van der Waals surface area contributed by atoms with Gasteiger partial charge in [-0.05, 0) is 164 Å². The van der Waals surface area contributed by atoms with Crippen molar-refractivity contribution in [2.24, 2.45) is 56.7 Å². The summed E-state index contributed by atoms with van der Waals surface area (Å²) in [6.45, 7) is 19.1. The van der Waals surface area contributed by atoms with Crippen molar-refractivity contribution < 1.29 is 34.5 Å². The highest BCUT2D eigenvalue weighted by Gasteiger charge is 2.71. The maximum Gasteiger partial charge on any atom is 0.328 e. The molecule has 0 spiro atoms. The molecule has 0 bridgehead atoms. The molecule has 0 heterocycles. The monoisotopic (exact) mass is 824 g/mol. The summed E-state index contributed by atoms with van der Waals surface area (Å²) in [4.78, 5) is 51.4. The number of nitrogens with one attached hydrogen (secondary N) is 3. The number of allylic oxidation sites excluding steroid dienone is 1. The zero-order chi connectivity index (χ0) is 43.4. The van der Waals surface area contributed by atoms with Crippen LogP contribution in [0.2, 0.25) is 0 Å². The Kier molecular flexibility index (Phi) is 12.0. The molecule has 0 radical (unpaired) electrons. The number of fused-ring (bicyclic) bond motifs is 7. The number of carboxylic acids is 1. The fourth-order valence-electron chi connectivity index (χ4n) is 14.4. The van der Waals surface area contributed by atoms with E-state index in [0.717, 1.165) is 56.1 Å². The minimum absolute atomic E-state index is 0.0749. The number of benzene rings is 2. The summed E-state index contributed by atoms with van der Waals surface area (Å²) < 4.78 is 0. The summed E-state index contributed by atoms with van der Waals surface area (Å²) in [6, 6.07) is 12.6. The van der Waals surface area contributed by atoms with Crippen LogP contribution in [0.3, 0.4) is 0 Å². The average molecular weight is 824 g/mol. The van der Waals surface area contributed by atoms with Gasteiger partial charge in [0, 0.05) is 24.2 Å². The molecular weight excluding hydrogens is 755 g/mol. The molecule has 2 aromatic carbocycles. The molecule has 0 aromatic heterocycles. The largest absolute Gasteiger partial charge is 0.480 e. The van der Waals surface area contributed by atoms with Crippen LogP contribution in [0.5, 0.6) is 0 Å². The van der Waals surface area contributed by atoms with Crippen molar-refractivity contribution in [3.63, 3.8) is 0 Å². The van der Waals surface area contributed by atoms with Gasteiger partial charge in [0.2, 0.25) is 5.91 Å². The summed E-state index contributed by atoms with van der Waals surface area (Å²) in [5.41, 5.74) is 3.74. The highest BCUT2D eigenvalue weighted by atomic mass is 16.4. The van der Waals surface area contributed by atoms with Gasteiger partial charge < -0.3 is 31.3 Å². The third kappa shape index (κ3) is 7.31. The first-order chi connectivity index (χ1) is 28.3. The van der Waals surface area contributed by atoms with Gasteiger partial charge in [0.05, 0.1) is 18.1 Å². The third-order valence-electron chi connectivity index (χ3n) is 17.8. The number of carboxylic acid groups (broad SMARTS) is 1.